The fourth-order valence-electron chi connectivity index (χ4n) is 2.80. The van der Waals surface area contributed by atoms with Crippen LogP contribution in [-0.2, 0) is 13.0 Å². The molecule has 0 spiro atoms. The zero-order valence-corrected chi connectivity index (χ0v) is 12.7. The van der Waals surface area contributed by atoms with E-state index in [0.717, 1.165) is 41.3 Å². The van der Waals surface area contributed by atoms with Crippen LogP contribution in [0.25, 0.3) is 11.3 Å². The molecule has 0 bridgehead atoms. The first-order valence-corrected chi connectivity index (χ1v) is 7.49. The van der Waals surface area contributed by atoms with E-state index in [4.69, 9.17) is 4.52 Å². The normalized spacial score (nSPS) is 13.9. The van der Waals surface area contributed by atoms with Gasteiger partial charge in [0, 0.05) is 24.1 Å². The highest BCUT2D eigenvalue weighted by Crippen LogP contribution is 2.31. The Hall–Kier alpha value is -2.76. The molecule has 0 saturated heterocycles. The first-order chi connectivity index (χ1) is 11.2. The molecule has 116 valence electrons. The highest BCUT2D eigenvalue weighted by Gasteiger charge is 2.25. The van der Waals surface area contributed by atoms with E-state index in [-0.39, 0.29) is 5.82 Å². The van der Waals surface area contributed by atoms with E-state index in [1.165, 1.54) is 12.1 Å². The molecule has 0 atom stereocenters. The number of fused-ring (bicyclic) bond motifs is 1. The van der Waals surface area contributed by atoms with E-state index >= 15 is 0 Å². The van der Waals surface area contributed by atoms with Crippen LogP contribution in [0.1, 0.15) is 17.0 Å². The summed E-state index contributed by atoms with van der Waals surface area (Å²) in [5.41, 5.74) is 3.71. The first-order valence-electron chi connectivity index (χ1n) is 7.49. The lowest BCUT2D eigenvalue weighted by Crippen LogP contribution is -2.31. The average Bonchev–Trinajstić information content (AvgIpc) is 2.99. The zero-order chi connectivity index (χ0) is 15.8. The lowest BCUT2D eigenvalue weighted by molar-refractivity contribution is 0.424. The van der Waals surface area contributed by atoms with Crippen molar-refractivity contribution in [1.29, 1.82) is 0 Å². The summed E-state index contributed by atoms with van der Waals surface area (Å²) in [4.78, 5) is 2.15. The quantitative estimate of drug-likeness (QED) is 0.728. The molecule has 4 rings (SSSR count). The van der Waals surface area contributed by atoms with Gasteiger partial charge in [-0.2, -0.15) is 5.10 Å². The first kappa shape index (κ1) is 13.9. The van der Waals surface area contributed by atoms with Crippen molar-refractivity contribution in [2.45, 2.75) is 19.9 Å². The zero-order valence-electron chi connectivity index (χ0n) is 12.7. The van der Waals surface area contributed by atoms with Gasteiger partial charge in [-0.15, -0.1) is 5.10 Å². The Kier molecular flexibility index (Phi) is 3.29. The number of hydrogen-bond acceptors (Lipinski definition) is 5. The molecule has 3 aromatic rings. The van der Waals surface area contributed by atoms with Gasteiger partial charge < -0.3 is 9.42 Å². The third-order valence-electron chi connectivity index (χ3n) is 4.05. The molecule has 0 N–H and O–H groups in total. The van der Waals surface area contributed by atoms with Crippen LogP contribution in [0.2, 0.25) is 0 Å². The number of rotatable bonds is 2. The van der Waals surface area contributed by atoms with E-state index < -0.39 is 0 Å². The van der Waals surface area contributed by atoms with Crippen molar-refractivity contribution in [2.75, 3.05) is 11.4 Å². The molecule has 0 radical (unpaired) electrons. The molecule has 0 unspecified atom stereocenters. The lowest BCUT2D eigenvalue weighted by atomic mass is 10.0. The van der Waals surface area contributed by atoms with Crippen LogP contribution in [0.15, 0.2) is 40.9 Å². The molecule has 3 heterocycles. The molecule has 23 heavy (non-hydrogen) atoms. The number of anilines is 1. The number of nitrogens with zero attached hydrogens (tertiary/aromatic N) is 4. The minimum absolute atomic E-state index is 0.265. The molecule has 0 saturated carbocycles. The van der Waals surface area contributed by atoms with Gasteiger partial charge in [0.15, 0.2) is 11.6 Å². The summed E-state index contributed by atoms with van der Waals surface area (Å²) in [6, 6.07) is 10.2. The number of aromatic nitrogens is 3. The molecule has 1 aliphatic rings. The van der Waals surface area contributed by atoms with Gasteiger partial charge in [0.2, 0.25) is 0 Å². The summed E-state index contributed by atoms with van der Waals surface area (Å²) in [7, 11) is 0. The van der Waals surface area contributed by atoms with Gasteiger partial charge in [0.1, 0.15) is 5.82 Å². The molecule has 6 heteroatoms. The highest BCUT2D eigenvalue weighted by molar-refractivity contribution is 5.63. The number of benzene rings is 1. The number of hydrogen-bond donors (Lipinski definition) is 0. The molecule has 5 nitrogen and oxygen atoms in total. The summed E-state index contributed by atoms with van der Waals surface area (Å²) >= 11 is 0. The van der Waals surface area contributed by atoms with Gasteiger partial charge >= 0.3 is 0 Å². The van der Waals surface area contributed by atoms with Crippen molar-refractivity contribution in [2.24, 2.45) is 0 Å². The Morgan fingerprint density at radius 1 is 1.09 bits per heavy atom. The van der Waals surface area contributed by atoms with Gasteiger partial charge in [-0.3, -0.25) is 0 Å². The molecule has 2 aromatic heterocycles. The molecule has 1 aliphatic heterocycles. The van der Waals surface area contributed by atoms with Crippen molar-refractivity contribution >= 4 is 5.82 Å². The van der Waals surface area contributed by atoms with E-state index in [1.54, 1.807) is 12.1 Å². The van der Waals surface area contributed by atoms with E-state index in [2.05, 4.69) is 20.3 Å². The Morgan fingerprint density at radius 2 is 1.91 bits per heavy atom. The van der Waals surface area contributed by atoms with Crippen molar-refractivity contribution in [3.63, 3.8) is 0 Å². The second kappa shape index (κ2) is 5.46. The standard InChI is InChI=1S/C17H15FN4O/c1-11-2-7-16(20-19-11)22-9-8-15-14(10-22)17(23-21-15)12-3-5-13(18)6-4-12/h2-7H,8-10H2,1H3. The third-order valence-corrected chi connectivity index (χ3v) is 4.05. The number of halogens is 1. The van der Waals surface area contributed by atoms with Gasteiger partial charge in [-0.1, -0.05) is 5.16 Å². The van der Waals surface area contributed by atoms with Crippen LogP contribution in [-0.4, -0.2) is 21.9 Å². The maximum Gasteiger partial charge on any atom is 0.172 e. The summed E-state index contributed by atoms with van der Waals surface area (Å²) in [5, 5.41) is 12.5. The Balaban J connectivity index is 1.67. The van der Waals surface area contributed by atoms with Crippen LogP contribution < -0.4 is 4.90 Å². The number of aryl methyl sites for hydroxylation is 1. The van der Waals surface area contributed by atoms with Crippen molar-refractivity contribution < 1.29 is 8.91 Å². The average molecular weight is 310 g/mol. The summed E-state index contributed by atoms with van der Waals surface area (Å²) in [6.07, 6.45) is 0.787. The van der Waals surface area contributed by atoms with Crippen LogP contribution in [0, 0.1) is 12.7 Å². The van der Waals surface area contributed by atoms with Gasteiger partial charge in [-0.25, -0.2) is 4.39 Å². The summed E-state index contributed by atoms with van der Waals surface area (Å²) in [6.45, 7) is 3.39. The molecule has 1 aromatic carbocycles. The largest absolute Gasteiger partial charge is 0.356 e. The Labute approximate surface area is 132 Å². The monoisotopic (exact) mass is 310 g/mol. The van der Waals surface area contributed by atoms with Gasteiger partial charge in [0.05, 0.1) is 17.9 Å². The van der Waals surface area contributed by atoms with Crippen molar-refractivity contribution in [3.05, 3.63) is 59.2 Å². The maximum absolute atomic E-state index is 13.1. The van der Waals surface area contributed by atoms with Crippen molar-refractivity contribution in [3.8, 4) is 11.3 Å². The molecule has 0 amide bonds. The van der Waals surface area contributed by atoms with Gasteiger partial charge in [0.25, 0.3) is 0 Å². The lowest BCUT2D eigenvalue weighted by Gasteiger charge is -2.26. The Bertz CT molecular complexity index is 827. The smallest absolute Gasteiger partial charge is 0.172 e. The molecular weight excluding hydrogens is 295 g/mol. The molecule has 0 aliphatic carbocycles. The fraction of sp³-hybridized carbons (Fsp3) is 0.235. The van der Waals surface area contributed by atoms with Crippen molar-refractivity contribution in [1.82, 2.24) is 15.4 Å². The van der Waals surface area contributed by atoms with E-state index in [1.807, 2.05) is 19.1 Å². The topological polar surface area (TPSA) is 55.1 Å². The van der Waals surface area contributed by atoms with Crippen LogP contribution >= 0.6 is 0 Å². The van der Waals surface area contributed by atoms with E-state index in [9.17, 15) is 4.39 Å². The molecule has 0 fully saturated rings. The minimum atomic E-state index is -0.265. The fourth-order valence-corrected chi connectivity index (χ4v) is 2.80. The Morgan fingerprint density at radius 3 is 2.65 bits per heavy atom. The summed E-state index contributed by atoms with van der Waals surface area (Å²) < 4.78 is 18.6. The van der Waals surface area contributed by atoms with Crippen LogP contribution in [0.3, 0.4) is 0 Å². The highest BCUT2D eigenvalue weighted by atomic mass is 19.1. The third kappa shape index (κ3) is 2.56. The summed E-state index contributed by atoms with van der Waals surface area (Å²) in [5.74, 6) is 1.27. The van der Waals surface area contributed by atoms with Gasteiger partial charge in [-0.05, 0) is 43.3 Å². The SMILES string of the molecule is Cc1ccc(N2CCc3noc(-c4ccc(F)cc4)c3C2)nn1. The second-order valence-electron chi connectivity index (χ2n) is 5.65. The van der Waals surface area contributed by atoms with E-state index in [0.29, 0.717) is 12.3 Å². The second-order valence-corrected chi connectivity index (χ2v) is 5.65. The maximum atomic E-state index is 13.1. The predicted molar refractivity (Wildman–Crippen MR) is 83.4 cm³/mol. The minimum Gasteiger partial charge on any atom is -0.356 e. The predicted octanol–water partition coefficient (Wildman–Crippen LogP) is 3.14. The van der Waals surface area contributed by atoms with Crippen LogP contribution in [0.4, 0.5) is 10.2 Å². The molecular formula is C17H15FN4O. The van der Waals surface area contributed by atoms with Crippen LogP contribution in [0.5, 0.6) is 0 Å².